The molecule has 0 aliphatic heterocycles. The first-order valence-electron chi connectivity index (χ1n) is 7.37. The topological polar surface area (TPSA) is 34.9 Å². The van der Waals surface area contributed by atoms with Crippen molar-refractivity contribution in [1.82, 2.24) is 9.78 Å². The van der Waals surface area contributed by atoms with E-state index in [1.807, 2.05) is 23.0 Å². The lowest BCUT2D eigenvalue weighted by Crippen LogP contribution is -2.07. The molecule has 0 unspecified atom stereocenters. The molecule has 2 rings (SSSR count). The van der Waals surface area contributed by atoms with Crippen LogP contribution in [0.25, 0.3) is 11.3 Å². The van der Waals surface area contributed by atoms with E-state index < -0.39 is 0 Å². The maximum absolute atomic E-state index is 11.3. The first-order chi connectivity index (χ1) is 9.73. The van der Waals surface area contributed by atoms with Gasteiger partial charge in [0, 0.05) is 11.8 Å². The normalized spacial score (nSPS) is 11.0. The zero-order valence-electron chi connectivity index (χ0n) is 12.5. The third-order valence-electron chi connectivity index (χ3n) is 3.84. The predicted octanol–water partition coefficient (Wildman–Crippen LogP) is 4.29. The van der Waals surface area contributed by atoms with E-state index in [0.29, 0.717) is 11.6 Å². The van der Waals surface area contributed by atoms with E-state index in [0.717, 1.165) is 36.8 Å². The molecular formula is C17H22N2O. The molecule has 0 aliphatic rings. The number of aromatic nitrogens is 2. The zero-order chi connectivity index (χ0) is 14.5. The highest BCUT2D eigenvalue weighted by Gasteiger charge is 2.14. The fraction of sp³-hybridized carbons (Fsp3) is 0.412. The van der Waals surface area contributed by atoms with Gasteiger partial charge in [0.2, 0.25) is 0 Å². The van der Waals surface area contributed by atoms with Crippen molar-refractivity contribution < 1.29 is 4.79 Å². The van der Waals surface area contributed by atoms with Gasteiger partial charge in [-0.3, -0.25) is 9.48 Å². The van der Waals surface area contributed by atoms with Crippen molar-refractivity contribution in [2.75, 3.05) is 0 Å². The highest BCUT2D eigenvalue weighted by atomic mass is 16.1. The van der Waals surface area contributed by atoms with Gasteiger partial charge in [-0.25, -0.2) is 0 Å². The lowest BCUT2D eigenvalue weighted by Gasteiger charge is -2.12. The van der Waals surface area contributed by atoms with Crippen LogP contribution in [-0.4, -0.2) is 16.1 Å². The Labute approximate surface area is 120 Å². The van der Waals surface area contributed by atoms with Gasteiger partial charge in [-0.2, -0.15) is 5.10 Å². The van der Waals surface area contributed by atoms with Gasteiger partial charge in [-0.15, -0.1) is 0 Å². The maximum atomic E-state index is 11.3. The molecule has 1 aromatic carbocycles. The van der Waals surface area contributed by atoms with Crippen molar-refractivity contribution >= 4 is 6.29 Å². The minimum absolute atomic E-state index is 0.359. The molecule has 1 aromatic heterocycles. The highest BCUT2D eigenvalue weighted by Crippen LogP contribution is 2.24. The molecule has 0 radical (unpaired) electrons. The summed E-state index contributed by atoms with van der Waals surface area (Å²) in [6, 6.07) is 8.65. The Morgan fingerprint density at radius 2 is 1.80 bits per heavy atom. The number of benzene rings is 1. The van der Waals surface area contributed by atoms with E-state index in [1.165, 1.54) is 5.56 Å². The van der Waals surface area contributed by atoms with Crippen molar-refractivity contribution in [3.63, 3.8) is 0 Å². The van der Waals surface area contributed by atoms with Crippen LogP contribution < -0.4 is 0 Å². The number of carbonyl (C=O) groups is 1. The van der Waals surface area contributed by atoms with Crippen LogP contribution in [0.2, 0.25) is 0 Å². The number of carbonyl (C=O) groups excluding carboxylic acids is 1. The number of hydrogen-bond donors (Lipinski definition) is 0. The number of aryl methyl sites for hydroxylation is 1. The molecule has 0 N–H and O–H groups in total. The first kappa shape index (κ1) is 14.5. The van der Waals surface area contributed by atoms with Crippen molar-refractivity contribution in [3.05, 3.63) is 41.6 Å². The highest BCUT2D eigenvalue weighted by molar-refractivity contribution is 5.85. The van der Waals surface area contributed by atoms with Gasteiger partial charge in [-0.1, -0.05) is 45.0 Å². The summed E-state index contributed by atoms with van der Waals surface area (Å²) in [6.45, 7) is 6.42. The van der Waals surface area contributed by atoms with Crippen molar-refractivity contribution in [2.45, 2.75) is 46.1 Å². The van der Waals surface area contributed by atoms with Crippen LogP contribution in [0.5, 0.6) is 0 Å². The second-order valence-corrected chi connectivity index (χ2v) is 5.05. The maximum Gasteiger partial charge on any atom is 0.153 e. The van der Waals surface area contributed by atoms with E-state index in [1.54, 1.807) is 0 Å². The third-order valence-corrected chi connectivity index (χ3v) is 3.84. The van der Waals surface area contributed by atoms with Gasteiger partial charge >= 0.3 is 0 Å². The SMILES string of the molecule is CCc1ccc(-c2nn(C(CC)CC)cc2C=O)cc1. The molecule has 0 saturated heterocycles. The smallest absolute Gasteiger partial charge is 0.153 e. The molecule has 3 heteroatoms. The van der Waals surface area contributed by atoms with Crippen LogP contribution in [0.4, 0.5) is 0 Å². The average Bonchev–Trinajstić information content (AvgIpc) is 2.93. The van der Waals surface area contributed by atoms with E-state index in [-0.39, 0.29) is 0 Å². The van der Waals surface area contributed by atoms with Gasteiger partial charge in [0.05, 0.1) is 11.6 Å². The third kappa shape index (κ3) is 2.82. The van der Waals surface area contributed by atoms with Crippen molar-refractivity contribution in [3.8, 4) is 11.3 Å². The summed E-state index contributed by atoms with van der Waals surface area (Å²) in [5, 5.41) is 4.63. The molecule has 0 atom stereocenters. The number of rotatable bonds is 6. The number of nitrogens with zero attached hydrogens (tertiary/aromatic N) is 2. The van der Waals surface area contributed by atoms with Crippen LogP contribution in [-0.2, 0) is 6.42 Å². The van der Waals surface area contributed by atoms with Crippen LogP contribution in [0.3, 0.4) is 0 Å². The van der Waals surface area contributed by atoms with Crippen LogP contribution in [0.15, 0.2) is 30.5 Å². The number of hydrogen-bond acceptors (Lipinski definition) is 2. The summed E-state index contributed by atoms with van der Waals surface area (Å²) >= 11 is 0. The Morgan fingerprint density at radius 1 is 1.15 bits per heavy atom. The Morgan fingerprint density at radius 3 is 2.30 bits per heavy atom. The first-order valence-corrected chi connectivity index (χ1v) is 7.37. The quantitative estimate of drug-likeness (QED) is 0.734. The molecule has 106 valence electrons. The van der Waals surface area contributed by atoms with Gasteiger partial charge in [0.1, 0.15) is 5.69 Å². The summed E-state index contributed by atoms with van der Waals surface area (Å²) in [5.74, 6) is 0. The Balaban J connectivity index is 2.41. The molecule has 0 aliphatic carbocycles. The fourth-order valence-electron chi connectivity index (χ4n) is 2.46. The summed E-state index contributed by atoms with van der Waals surface area (Å²) in [5.41, 5.74) is 3.76. The second kappa shape index (κ2) is 6.51. The molecule has 20 heavy (non-hydrogen) atoms. The summed E-state index contributed by atoms with van der Waals surface area (Å²) in [6.07, 6.45) is 5.82. The molecular weight excluding hydrogens is 248 g/mol. The van der Waals surface area contributed by atoms with E-state index in [4.69, 9.17) is 0 Å². The summed E-state index contributed by atoms with van der Waals surface area (Å²) in [7, 11) is 0. The number of aldehydes is 1. The monoisotopic (exact) mass is 270 g/mol. The Hall–Kier alpha value is -1.90. The van der Waals surface area contributed by atoms with Crippen LogP contribution in [0, 0.1) is 0 Å². The molecule has 3 nitrogen and oxygen atoms in total. The molecule has 0 fully saturated rings. The van der Waals surface area contributed by atoms with Gasteiger partial charge in [0.25, 0.3) is 0 Å². The van der Waals surface area contributed by atoms with E-state index in [2.05, 4.69) is 38.0 Å². The lowest BCUT2D eigenvalue weighted by atomic mass is 10.1. The van der Waals surface area contributed by atoms with Gasteiger partial charge in [0.15, 0.2) is 6.29 Å². The Kier molecular flexibility index (Phi) is 4.72. The molecule has 0 bridgehead atoms. The van der Waals surface area contributed by atoms with Gasteiger partial charge < -0.3 is 0 Å². The van der Waals surface area contributed by atoms with Crippen LogP contribution >= 0.6 is 0 Å². The summed E-state index contributed by atoms with van der Waals surface area (Å²) < 4.78 is 1.94. The van der Waals surface area contributed by atoms with E-state index >= 15 is 0 Å². The second-order valence-electron chi connectivity index (χ2n) is 5.05. The van der Waals surface area contributed by atoms with Crippen molar-refractivity contribution in [2.24, 2.45) is 0 Å². The molecule has 2 aromatic rings. The predicted molar refractivity (Wildman–Crippen MR) is 82.0 cm³/mol. The average molecular weight is 270 g/mol. The Bertz CT molecular complexity index is 565. The minimum atomic E-state index is 0.359. The standard InChI is InChI=1S/C17H22N2O/c1-4-13-7-9-14(10-8-13)17-15(12-20)11-19(18-17)16(5-2)6-3/h7-12,16H,4-6H2,1-3H3. The minimum Gasteiger partial charge on any atom is -0.298 e. The molecule has 0 spiro atoms. The molecule has 1 heterocycles. The summed E-state index contributed by atoms with van der Waals surface area (Å²) in [4.78, 5) is 11.3. The molecule has 0 amide bonds. The van der Waals surface area contributed by atoms with Crippen LogP contribution in [0.1, 0.15) is 55.6 Å². The lowest BCUT2D eigenvalue weighted by molar-refractivity contribution is 0.112. The van der Waals surface area contributed by atoms with Crippen molar-refractivity contribution in [1.29, 1.82) is 0 Å². The fourth-order valence-corrected chi connectivity index (χ4v) is 2.46. The largest absolute Gasteiger partial charge is 0.298 e. The van der Waals surface area contributed by atoms with Gasteiger partial charge in [-0.05, 0) is 24.8 Å². The molecule has 0 saturated carbocycles. The zero-order valence-corrected chi connectivity index (χ0v) is 12.5. The van der Waals surface area contributed by atoms with E-state index in [9.17, 15) is 4.79 Å².